The van der Waals surface area contributed by atoms with Crippen LogP contribution in [0.25, 0.3) is 0 Å². The van der Waals surface area contributed by atoms with E-state index in [1.54, 1.807) is 19.1 Å². The Labute approximate surface area is 171 Å². The summed E-state index contributed by atoms with van der Waals surface area (Å²) in [5.74, 6) is -0.426. The van der Waals surface area contributed by atoms with Gasteiger partial charge in [0.1, 0.15) is 6.04 Å². The van der Waals surface area contributed by atoms with Gasteiger partial charge in [-0.05, 0) is 45.6 Å². The monoisotopic (exact) mass is 393 g/mol. The molecule has 2 unspecified atom stereocenters. The minimum Gasteiger partial charge on any atom is -0.347 e. The number of carbonyl (C=O) groups is 2. The van der Waals surface area contributed by atoms with E-state index in [-0.39, 0.29) is 23.7 Å². The Bertz CT molecular complexity index is 893. The number of aryl methyl sites for hydroxylation is 1. The van der Waals surface area contributed by atoms with E-state index in [0.29, 0.717) is 12.2 Å². The van der Waals surface area contributed by atoms with Gasteiger partial charge in [-0.1, -0.05) is 48.0 Å². The summed E-state index contributed by atoms with van der Waals surface area (Å²) in [5, 5.41) is 4.31. The van der Waals surface area contributed by atoms with Gasteiger partial charge >= 0.3 is 0 Å². The van der Waals surface area contributed by atoms with E-state index in [0.717, 1.165) is 5.56 Å². The van der Waals surface area contributed by atoms with E-state index in [9.17, 15) is 9.59 Å². The number of hydrazine groups is 1. The fourth-order valence-electron chi connectivity index (χ4n) is 3.16. The fraction of sp³-hybridized carbons (Fsp3) is 0.318. The maximum absolute atomic E-state index is 12.8. The molecule has 0 spiro atoms. The normalized spacial score (nSPS) is 17.6. The molecule has 2 atom stereocenters. The van der Waals surface area contributed by atoms with Crippen LogP contribution in [0.5, 0.6) is 0 Å². The lowest BCUT2D eigenvalue weighted by Gasteiger charge is -2.31. The summed E-state index contributed by atoms with van der Waals surface area (Å²) in [6, 6.07) is 16.8. The number of hydrogen-bond donors (Lipinski definition) is 2. The van der Waals surface area contributed by atoms with Crippen molar-refractivity contribution >= 4 is 23.3 Å². The van der Waals surface area contributed by atoms with Crippen LogP contribution >= 0.6 is 0 Å². The van der Waals surface area contributed by atoms with Gasteiger partial charge < -0.3 is 10.2 Å². The highest BCUT2D eigenvalue weighted by molar-refractivity contribution is 6.39. The average Bonchev–Trinajstić information content (AvgIpc) is 2.71. The number of aliphatic imine (C=N–C) groups is 1. The van der Waals surface area contributed by atoms with Crippen LogP contribution in [0.15, 0.2) is 59.6 Å². The number of anilines is 1. The Hall–Kier alpha value is -3.19. The molecule has 0 aliphatic carbocycles. The summed E-state index contributed by atoms with van der Waals surface area (Å²) < 4.78 is 0. The summed E-state index contributed by atoms with van der Waals surface area (Å²) in [6.45, 7) is 4.15. The zero-order chi connectivity index (χ0) is 21.0. The number of benzene rings is 2. The van der Waals surface area contributed by atoms with Gasteiger partial charge in [0, 0.05) is 6.54 Å². The van der Waals surface area contributed by atoms with Gasteiger partial charge in [-0.25, -0.2) is 10.0 Å². The molecule has 0 aromatic heterocycles. The molecular formula is C22H27N5O2. The Balaban J connectivity index is 1.71. The molecule has 1 heterocycles. The van der Waals surface area contributed by atoms with Crippen LogP contribution in [0.4, 0.5) is 5.69 Å². The van der Waals surface area contributed by atoms with Crippen molar-refractivity contribution in [2.75, 3.05) is 25.6 Å². The topological polar surface area (TPSA) is 77.0 Å². The zero-order valence-corrected chi connectivity index (χ0v) is 17.2. The molecule has 0 bridgehead atoms. The van der Waals surface area contributed by atoms with Crippen LogP contribution in [0.2, 0.25) is 0 Å². The third-order valence-electron chi connectivity index (χ3n) is 4.89. The number of nitrogens with one attached hydrogen (secondary N) is 2. The lowest BCUT2D eigenvalue weighted by atomic mass is 10.0. The Morgan fingerprint density at radius 1 is 1.17 bits per heavy atom. The minimum atomic E-state index is -0.640. The van der Waals surface area contributed by atoms with E-state index < -0.39 is 6.04 Å². The molecule has 2 N–H and O–H groups in total. The van der Waals surface area contributed by atoms with Gasteiger partial charge in [0.25, 0.3) is 11.8 Å². The number of amides is 2. The highest BCUT2D eigenvalue weighted by atomic mass is 16.2. The fourth-order valence-corrected chi connectivity index (χ4v) is 3.16. The van der Waals surface area contributed by atoms with Crippen molar-refractivity contribution in [3.05, 3.63) is 65.7 Å². The first-order chi connectivity index (χ1) is 13.9. The standard InChI is InChI=1S/C22H27N5O2/c1-15-10-12-17(13-11-15)19(26(3)4)14-23-21(28)20-24-16(2)22(29)27(25-20)18-8-6-5-7-9-18/h5-13,16,19H,14H2,1-4H3,(H,23,28)(H,24,25). The lowest BCUT2D eigenvalue weighted by molar-refractivity contribution is -0.120. The van der Waals surface area contributed by atoms with Crippen molar-refractivity contribution in [2.45, 2.75) is 25.9 Å². The van der Waals surface area contributed by atoms with Crippen molar-refractivity contribution in [2.24, 2.45) is 4.99 Å². The number of rotatable bonds is 6. The van der Waals surface area contributed by atoms with Crippen LogP contribution in [0.3, 0.4) is 0 Å². The van der Waals surface area contributed by atoms with Crippen LogP contribution in [-0.2, 0) is 9.59 Å². The average molecular weight is 393 g/mol. The second-order valence-corrected chi connectivity index (χ2v) is 7.37. The van der Waals surface area contributed by atoms with Gasteiger partial charge in [0.05, 0.1) is 11.7 Å². The van der Waals surface area contributed by atoms with Crippen LogP contribution in [0, 0.1) is 6.92 Å². The van der Waals surface area contributed by atoms with E-state index in [4.69, 9.17) is 0 Å². The van der Waals surface area contributed by atoms with Gasteiger partial charge in [0.2, 0.25) is 5.84 Å². The molecule has 1 aliphatic heterocycles. The van der Waals surface area contributed by atoms with Crippen molar-refractivity contribution in [1.82, 2.24) is 15.6 Å². The molecular weight excluding hydrogens is 366 g/mol. The number of para-hydroxylation sites is 1. The molecule has 29 heavy (non-hydrogen) atoms. The Morgan fingerprint density at radius 2 is 1.83 bits per heavy atom. The van der Waals surface area contributed by atoms with Crippen LogP contribution in [-0.4, -0.2) is 49.2 Å². The van der Waals surface area contributed by atoms with Crippen molar-refractivity contribution in [1.29, 1.82) is 0 Å². The van der Waals surface area contributed by atoms with Crippen molar-refractivity contribution in [3.8, 4) is 0 Å². The second kappa shape index (κ2) is 8.87. The summed E-state index contributed by atoms with van der Waals surface area (Å²) >= 11 is 0. The van der Waals surface area contributed by atoms with Gasteiger partial charge in [-0.3, -0.25) is 15.0 Å². The molecule has 2 amide bonds. The van der Waals surface area contributed by atoms with Crippen molar-refractivity contribution < 1.29 is 9.59 Å². The third kappa shape index (κ3) is 4.81. The minimum absolute atomic E-state index is 0.0213. The molecule has 152 valence electrons. The first kappa shape index (κ1) is 20.5. The molecule has 1 aliphatic rings. The summed E-state index contributed by atoms with van der Waals surface area (Å²) in [7, 11) is 3.95. The maximum atomic E-state index is 12.8. The quantitative estimate of drug-likeness (QED) is 0.788. The molecule has 0 saturated carbocycles. The SMILES string of the molecule is Cc1ccc(C(CNC(=O)C2=NC(C)C(=O)N(c3ccccc3)N2)N(C)C)cc1. The predicted molar refractivity (Wildman–Crippen MR) is 115 cm³/mol. The first-order valence-corrected chi connectivity index (χ1v) is 9.61. The van der Waals surface area contributed by atoms with E-state index >= 15 is 0 Å². The molecule has 7 heteroatoms. The predicted octanol–water partition coefficient (Wildman–Crippen LogP) is 2.05. The Morgan fingerprint density at radius 3 is 2.45 bits per heavy atom. The first-order valence-electron chi connectivity index (χ1n) is 9.61. The second-order valence-electron chi connectivity index (χ2n) is 7.37. The summed E-state index contributed by atoms with van der Waals surface area (Å²) in [6.07, 6.45) is 0. The van der Waals surface area contributed by atoms with Gasteiger partial charge in [0.15, 0.2) is 0 Å². The number of carbonyl (C=O) groups excluding carboxylic acids is 2. The highest BCUT2D eigenvalue weighted by Crippen LogP contribution is 2.18. The van der Waals surface area contributed by atoms with Gasteiger partial charge in [-0.15, -0.1) is 0 Å². The van der Waals surface area contributed by atoms with Crippen LogP contribution in [0.1, 0.15) is 24.1 Å². The lowest BCUT2D eigenvalue weighted by Crippen LogP contribution is -2.58. The van der Waals surface area contributed by atoms with Crippen molar-refractivity contribution in [3.63, 3.8) is 0 Å². The number of hydrogen-bond acceptors (Lipinski definition) is 5. The summed E-state index contributed by atoms with van der Waals surface area (Å²) in [5.41, 5.74) is 5.83. The maximum Gasteiger partial charge on any atom is 0.288 e. The van der Waals surface area contributed by atoms with E-state index in [2.05, 4.69) is 44.9 Å². The molecule has 0 fully saturated rings. The molecule has 0 saturated heterocycles. The number of amidine groups is 1. The number of likely N-dealkylation sites (N-methyl/N-ethyl adjacent to an activating group) is 1. The molecule has 3 rings (SSSR count). The third-order valence-corrected chi connectivity index (χ3v) is 4.89. The number of nitrogens with zero attached hydrogens (tertiary/aromatic N) is 3. The zero-order valence-electron chi connectivity index (χ0n) is 17.2. The van der Waals surface area contributed by atoms with E-state index in [1.807, 2.05) is 39.2 Å². The van der Waals surface area contributed by atoms with Crippen LogP contribution < -0.4 is 15.8 Å². The Kier molecular flexibility index (Phi) is 6.29. The molecule has 0 radical (unpaired) electrons. The molecule has 2 aromatic carbocycles. The largest absolute Gasteiger partial charge is 0.347 e. The highest BCUT2D eigenvalue weighted by Gasteiger charge is 2.31. The van der Waals surface area contributed by atoms with Gasteiger partial charge in [-0.2, -0.15) is 0 Å². The van der Waals surface area contributed by atoms with E-state index in [1.165, 1.54) is 10.6 Å². The summed E-state index contributed by atoms with van der Waals surface area (Å²) in [4.78, 5) is 31.6. The molecule has 2 aromatic rings. The smallest absolute Gasteiger partial charge is 0.288 e. The molecule has 7 nitrogen and oxygen atoms in total.